The van der Waals surface area contributed by atoms with E-state index in [2.05, 4.69) is 19.2 Å². The lowest BCUT2D eigenvalue weighted by Gasteiger charge is -2.22. The van der Waals surface area contributed by atoms with Crippen molar-refractivity contribution in [3.8, 4) is 0 Å². The molecule has 0 aromatic carbocycles. The van der Waals surface area contributed by atoms with Crippen LogP contribution in [0.2, 0.25) is 0 Å². The highest BCUT2D eigenvalue weighted by atomic mass is 16.5. The standard InChI is InChI=1S/C53H105NO5/c1-3-5-7-9-11-13-15-17-19-21-22-24-26-29-33-37-41-45-51(56)50(49-55)54-52(57)46-42-38-34-30-28-32-36-40-44-48-59-53(58)47-43-39-35-31-27-25-23-20-18-16-14-12-10-8-6-4-2/h50-51,55-56H,3-49H2,1-2H3,(H,54,57). The molecule has 0 spiro atoms. The fourth-order valence-corrected chi connectivity index (χ4v) is 8.52. The first-order valence-electron chi connectivity index (χ1n) is 26.8. The van der Waals surface area contributed by atoms with Gasteiger partial charge in [-0.3, -0.25) is 9.59 Å². The predicted molar refractivity (Wildman–Crippen MR) is 255 cm³/mol. The quantitative estimate of drug-likeness (QED) is 0.0419. The molecule has 0 saturated heterocycles. The summed E-state index contributed by atoms with van der Waals surface area (Å²) in [6, 6.07) is -0.559. The predicted octanol–water partition coefficient (Wildman–Crippen LogP) is 16.0. The summed E-state index contributed by atoms with van der Waals surface area (Å²) >= 11 is 0. The van der Waals surface area contributed by atoms with Crippen molar-refractivity contribution in [2.45, 2.75) is 315 Å². The fourth-order valence-electron chi connectivity index (χ4n) is 8.52. The maximum absolute atomic E-state index is 12.5. The Bertz CT molecular complexity index is 837. The second-order valence-corrected chi connectivity index (χ2v) is 18.6. The van der Waals surface area contributed by atoms with Crippen LogP contribution in [0.25, 0.3) is 0 Å². The average molecular weight is 836 g/mol. The van der Waals surface area contributed by atoms with Gasteiger partial charge in [-0.1, -0.05) is 264 Å². The number of hydrogen-bond donors (Lipinski definition) is 3. The SMILES string of the molecule is CCCCCCCCCCCCCCCCCCCC(O)C(CO)NC(=O)CCCCCCCCCCCOC(=O)CCCCCCCCCCCCCCCCCC. The Labute approximate surface area is 368 Å². The van der Waals surface area contributed by atoms with Gasteiger partial charge >= 0.3 is 5.97 Å². The van der Waals surface area contributed by atoms with Crippen molar-refractivity contribution in [2.75, 3.05) is 13.2 Å². The summed E-state index contributed by atoms with van der Waals surface area (Å²) in [6.07, 6.45) is 55.0. The fraction of sp³-hybridized carbons (Fsp3) is 0.962. The molecule has 0 rings (SSSR count). The Morgan fingerprint density at radius 3 is 1.03 bits per heavy atom. The average Bonchev–Trinajstić information content (AvgIpc) is 3.24. The Morgan fingerprint density at radius 1 is 0.407 bits per heavy atom. The maximum Gasteiger partial charge on any atom is 0.305 e. The van der Waals surface area contributed by atoms with Gasteiger partial charge in [0.1, 0.15) is 0 Å². The molecule has 0 aromatic heterocycles. The van der Waals surface area contributed by atoms with E-state index >= 15 is 0 Å². The van der Waals surface area contributed by atoms with Gasteiger partial charge in [0.25, 0.3) is 0 Å². The number of hydrogen-bond acceptors (Lipinski definition) is 5. The zero-order chi connectivity index (χ0) is 43.0. The van der Waals surface area contributed by atoms with Crippen molar-refractivity contribution in [2.24, 2.45) is 0 Å². The zero-order valence-corrected chi connectivity index (χ0v) is 40.0. The van der Waals surface area contributed by atoms with E-state index < -0.39 is 12.1 Å². The molecule has 0 saturated carbocycles. The number of esters is 1. The monoisotopic (exact) mass is 836 g/mol. The van der Waals surface area contributed by atoms with Crippen LogP contribution >= 0.6 is 0 Å². The molecule has 2 unspecified atom stereocenters. The summed E-state index contributed by atoms with van der Waals surface area (Å²) in [5, 5.41) is 23.2. The van der Waals surface area contributed by atoms with Crippen LogP contribution in [-0.4, -0.2) is 47.4 Å². The number of amides is 1. The number of rotatable bonds is 50. The van der Waals surface area contributed by atoms with Crippen LogP contribution < -0.4 is 5.32 Å². The number of unbranched alkanes of at least 4 members (excludes halogenated alkanes) is 39. The van der Waals surface area contributed by atoms with Gasteiger partial charge < -0.3 is 20.3 Å². The lowest BCUT2D eigenvalue weighted by molar-refractivity contribution is -0.143. The van der Waals surface area contributed by atoms with Gasteiger partial charge in [-0.25, -0.2) is 0 Å². The first kappa shape index (κ1) is 57.9. The summed E-state index contributed by atoms with van der Waals surface area (Å²) in [5.74, 6) is -0.0796. The van der Waals surface area contributed by atoms with Gasteiger partial charge in [-0.15, -0.1) is 0 Å². The van der Waals surface area contributed by atoms with Crippen molar-refractivity contribution < 1.29 is 24.5 Å². The minimum absolute atomic E-state index is 0.0205. The molecule has 352 valence electrons. The largest absolute Gasteiger partial charge is 0.466 e. The van der Waals surface area contributed by atoms with E-state index in [0.29, 0.717) is 25.9 Å². The number of carbonyl (C=O) groups is 2. The molecule has 0 heterocycles. The molecule has 1 amide bonds. The number of aliphatic hydroxyl groups excluding tert-OH is 2. The van der Waals surface area contributed by atoms with E-state index in [4.69, 9.17) is 4.74 Å². The molecule has 0 aliphatic rings. The van der Waals surface area contributed by atoms with E-state index in [9.17, 15) is 19.8 Å². The van der Waals surface area contributed by atoms with Gasteiger partial charge in [0.05, 0.1) is 25.4 Å². The van der Waals surface area contributed by atoms with Crippen LogP contribution in [0.1, 0.15) is 303 Å². The second-order valence-electron chi connectivity index (χ2n) is 18.6. The van der Waals surface area contributed by atoms with Crippen LogP contribution in [0.4, 0.5) is 0 Å². The number of nitrogens with one attached hydrogen (secondary N) is 1. The third kappa shape index (κ3) is 46.2. The summed E-state index contributed by atoms with van der Waals surface area (Å²) in [5.41, 5.74) is 0. The van der Waals surface area contributed by atoms with Crippen LogP contribution in [0.3, 0.4) is 0 Å². The molecule has 0 fully saturated rings. The number of ether oxygens (including phenoxy) is 1. The van der Waals surface area contributed by atoms with Crippen molar-refractivity contribution in [1.29, 1.82) is 0 Å². The highest BCUT2D eigenvalue weighted by Gasteiger charge is 2.20. The third-order valence-corrected chi connectivity index (χ3v) is 12.7. The number of carbonyl (C=O) groups excluding carboxylic acids is 2. The Balaban J connectivity index is 3.46. The highest BCUT2D eigenvalue weighted by Crippen LogP contribution is 2.17. The van der Waals surface area contributed by atoms with Gasteiger partial charge in [-0.05, 0) is 25.7 Å². The van der Waals surface area contributed by atoms with Crippen molar-refractivity contribution in [3.05, 3.63) is 0 Å². The smallest absolute Gasteiger partial charge is 0.305 e. The van der Waals surface area contributed by atoms with E-state index in [1.165, 1.54) is 212 Å². The van der Waals surface area contributed by atoms with Gasteiger partial charge in [-0.2, -0.15) is 0 Å². The summed E-state index contributed by atoms with van der Waals surface area (Å²) < 4.78 is 5.46. The molecule has 6 nitrogen and oxygen atoms in total. The van der Waals surface area contributed by atoms with Gasteiger partial charge in [0.2, 0.25) is 5.91 Å². The molecule has 2 atom stereocenters. The van der Waals surface area contributed by atoms with Crippen molar-refractivity contribution >= 4 is 11.9 Å². The Hall–Kier alpha value is -1.14. The van der Waals surface area contributed by atoms with E-state index in [0.717, 1.165) is 57.8 Å². The first-order valence-corrected chi connectivity index (χ1v) is 26.8. The van der Waals surface area contributed by atoms with E-state index in [-0.39, 0.29) is 18.5 Å². The Kier molecular flexibility index (Phi) is 48.6. The second kappa shape index (κ2) is 49.5. The summed E-state index contributed by atoms with van der Waals surface area (Å²) in [7, 11) is 0. The Morgan fingerprint density at radius 2 is 0.695 bits per heavy atom. The lowest BCUT2D eigenvalue weighted by Crippen LogP contribution is -2.45. The van der Waals surface area contributed by atoms with Crippen LogP contribution in [0.15, 0.2) is 0 Å². The van der Waals surface area contributed by atoms with Gasteiger partial charge in [0, 0.05) is 12.8 Å². The molecule has 59 heavy (non-hydrogen) atoms. The summed E-state index contributed by atoms with van der Waals surface area (Å²) in [4.78, 5) is 24.5. The van der Waals surface area contributed by atoms with E-state index in [1.54, 1.807) is 0 Å². The highest BCUT2D eigenvalue weighted by molar-refractivity contribution is 5.76. The van der Waals surface area contributed by atoms with Crippen LogP contribution in [-0.2, 0) is 14.3 Å². The topological polar surface area (TPSA) is 95.9 Å². The summed E-state index contributed by atoms with van der Waals surface area (Å²) in [6.45, 7) is 4.91. The van der Waals surface area contributed by atoms with Crippen LogP contribution in [0.5, 0.6) is 0 Å². The van der Waals surface area contributed by atoms with Crippen LogP contribution in [0, 0.1) is 0 Å². The number of aliphatic hydroxyl groups is 2. The molecule has 3 N–H and O–H groups in total. The molecule has 0 radical (unpaired) electrons. The zero-order valence-electron chi connectivity index (χ0n) is 40.0. The van der Waals surface area contributed by atoms with Crippen molar-refractivity contribution in [3.63, 3.8) is 0 Å². The molecule has 0 bridgehead atoms. The normalized spacial score (nSPS) is 12.5. The molecule has 0 aliphatic carbocycles. The van der Waals surface area contributed by atoms with Gasteiger partial charge in [0.15, 0.2) is 0 Å². The molecular weight excluding hydrogens is 731 g/mol. The minimum atomic E-state index is -0.680. The van der Waals surface area contributed by atoms with E-state index in [1.807, 2.05) is 0 Å². The molecule has 0 aromatic rings. The molecular formula is C53H105NO5. The van der Waals surface area contributed by atoms with Crippen molar-refractivity contribution in [1.82, 2.24) is 5.32 Å². The maximum atomic E-state index is 12.5. The molecule has 6 heteroatoms. The molecule has 0 aliphatic heterocycles. The first-order chi connectivity index (χ1) is 29.0. The minimum Gasteiger partial charge on any atom is -0.466 e. The third-order valence-electron chi connectivity index (χ3n) is 12.7. The lowest BCUT2D eigenvalue weighted by atomic mass is 10.0.